The van der Waals surface area contributed by atoms with Crippen LogP contribution in [0.5, 0.6) is 5.88 Å². The summed E-state index contributed by atoms with van der Waals surface area (Å²) in [6.45, 7) is 3.38. The Morgan fingerprint density at radius 3 is 2.78 bits per heavy atom. The zero-order valence-corrected chi connectivity index (χ0v) is 13.7. The molecular formula is C17H17N3O2S. The highest BCUT2D eigenvalue weighted by Crippen LogP contribution is 2.21. The molecule has 0 spiro atoms. The summed E-state index contributed by atoms with van der Waals surface area (Å²) in [5, 5.41) is 10.8. The van der Waals surface area contributed by atoms with Crippen molar-refractivity contribution < 1.29 is 9.53 Å². The summed E-state index contributed by atoms with van der Waals surface area (Å²) in [5.41, 5.74) is 1.65. The molecule has 5 nitrogen and oxygen atoms in total. The Kier molecular flexibility index (Phi) is 4.58. The highest BCUT2D eigenvalue weighted by molar-refractivity contribution is 7.12. The van der Waals surface area contributed by atoms with Crippen LogP contribution in [0.15, 0.2) is 29.8 Å². The second-order valence-electron chi connectivity index (χ2n) is 5.59. The van der Waals surface area contributed by atoms with Gasteiger partial charge in [-0.3, -0.25) is 4.79 Å². The quantitative estimate of drug-likeness (QED) is 0.869. The number of hydrogen-bond acceptors (Lipinski definition) is 5. The van der Waals surface area contributed by atoms with E-state index in [-0.39, 0.29) is 12.0 Å². The van der Waals surface area contributed by atoms with Crippen LogP contribution >= 0.6 is 11.3 Å². The monoisotopic (exact) mass is 327 g/mol. The molecule has 2 aromatic rings. The Balaban J connectivity index is 1.53. The van der Waals surface area contributed by atoms with Gasteiger partial charge < -0.3 is 9.64 Å². The second-order valence-corrected chi connectivity index (χ2v) is 6.51. The molecule has 0 unspecified atom stereocenters. The van der Waals surface area contributed by atoms with Gasteiger partial charge in [-0.15, -0.1) is 11.3 Å². The van der Waals surface area contributed by atoms with Crippen LogP contribution in [0.3, 0.4) is 0 Å². The van der Waals surface area contributed by atoms with Gasteiger partial charge in [-0.05, 0) is 30.0 Å². The van der Waals surface area contributed by atoms with Crippen molar-refractivity contribution in [3.8, 4) is 11.9 Å². The maximum absolute atomic E-state index is 12.4. The number of carbonyl (C=O) groups is 1. The van der Waals surface area contributed by atoms with Gasteiger partial charge in [0.25, 0.3) is 5.91 Å². The zero-order valence-electron chi connectivity index (χ0n) is 12.9. The van der Waals surface area contributed by atoms with Gasteiger partial charge in [-0.1, -0.05) is 0 Å². The number of nitriles is 1. The van der Waals surface area contributed by atoms with Crippen molar-refractivity contribution in [2.75, 3.05) is 13.1 Å². The first kappa shape index (κ1) is 15.5. The normalized spacial score (nSPS) is 15.2. The van der Waals surface area contributed by atoms with E-state index in [9.17, 15) is 4.79 Å². The Bertz CT molecular complexity index is 725. The van der Waals surface area contributed by atoms with Crippen LogP contribution in [-0.2, 0) is 0 Å². The molecule has 3 rings (SSSR count). The molecule has 23 heavy (non-hydrogen) atoms. The number of aryl methyl sites for hydroxylation is 1. The van der Waals surface area contributed by atoms with Crippen LogP contribution in [0.4, 0.5) is 0 Å². The molecule has 0 atom stereocenters. The van der Waals surface area contributed by atoms with Crippen LogP contribution in [0.1, 0.15) is 33.6 Å². The van der Waals surface area contributed by atoms with E-state index in [1.807, 2.05) is 29.3 Å². The number of carbonyl (C=O) groups excluding carboxylic acids is 1. The van der Waals surface area contributed by atoms with Crippen LogP contribution in [-0.4, -0.2) is 35.0 Å². The fourth-order valence-corrected chi connectivity index (χ4v) is 3.43. The first-order chi connectivity index (χ1) is 11.2. The lowest BCUT2D eigenvalue weighted by atomic mass is 10.1. The van der Waals surface area contributed by atoms with E-state index in [4.69, 9.17) is 10.00 Å². The van der Waals surface area contributed by atoms with Crippen molar-refractivity contribution in [1.82, 2.24) is 9.88 Å². The smallest absolute Gasteiger partial charge is 0.263 e. The molecule has 0 bridgehead atoms. The van der Waals surface area contributed by atoms with Gasteiger partial charge in [0.1, 0.15) is 12.2 Å². The fraction of sp³-hybridized carbons (Fsp3) is 0.353. The molecule has 0 aromatic carbocycles. The predicted octanol–water partition coefficient (Wildman–Crippen LogP) is 3.01. The van der Waals surface area contributed by atoms with Crippen LogP contribution in [0, 0.1) is 18.3 Å². The van der Waals surface area contributed by atoms with Gasteiger partial charge in [-0.25, -0.2) is 4.98 Å². The summed E-state index contributed by atoms with van der Waals surface area (Å²) in [7, 11) is 0. The van der Waals surface area contributed by atoms with E-state index < -0.39 is 0 Å². The van der Waals surface area contributed by atoms with Gasteiger partial charge in [0.05, 0.1) is 10.4 Å². The highest BCUT2D eigenvalue weighted by Gasteiger charge is 2.25. The molecule has 1 amide bonds. The van der Waals surface area contributed by atoms with Gasteiger partial charge in [0.2, 0.25) is 5.88 Å². The number of hydrogen-bond donors (Lipinski definition) is 0. The number of thiophene rings is 1. The molecule has 0 saturated carbocycles. The third-order valence-electron chi connectivity index (χ3n) is 3.82. The molecule has 3 heterocycles. The number of nitrogens with zero attached hydrogens (tertiary/aromatic N) is 3. The number of rotatable bonds is 3. The minimum atomic E-state index is 0.0598. The van der Waals surface area contributed by atoms with Crippen molar-refractivity contribution in [2.45, 2.75) is 25.9 Å². The molecule has 0 N–H and O–H groups in total. The highest BCUT2D eigenvalue weighted by atomic mass is 32.1. The van der Waals surface area contributed by atoms with Crippen LogP contribution < -0.4 is 4.74 Å². The van der Waals surface area contributed by atoms with Crippen LogP contribution in [0.25, 0.3) is 0 Å². The van der Waals surface area contributed by atoms with Crippen LogP contribution in [0.2, 0.25) is 0 Å². The van der Waals surface area contributed by atoms with E-state index in [2.05, 4.69) is 4.98 Å². The molecule has 0 radical (unpaired) electrons. The Hall–Kier alpha value is -2.39. The van der Waals surface area contributed by atoms with E-state index in [1.54, 1.807) is 12.1 Å². The predicted molar refractivity (Wildman–Crippen MR) is 87.6 cm³/mol. The summed E-state index contributed by atoms with van der Waals surface area (Å²) in [6.07, 6.45) is 3.15. The third kappa shape index (κ3) is 3.69. The lowest BCUT2D eigenvalue weighted by molar-refractivity contribution is 0.0592. The van der Waals surface area contributed by atoms with Crippen molar-refractivity contribution in [1.29, 1.82) is 5.26 Å². The van der Waals surface area contributed by atoms with E-state index in [0.717, 1.165) is 23.3 Å². The van der Waals surface area contributed by atoms with Crippen molar-refractivity contribution in [2.24, 2.45) is 0 Å². The molecule has 118 valence electrons. The average Bonchev–Trinajstić information content (AvgIpc) is 3.02. The number of piperidine rings is 1. The van der Waals surface area contributed by atoms with Crippen molar-refractivity contribution in [3.63, 3.8) is 0 Å². The summed E-state index contributed by atoms with van der Waals surface area (Å²) in [4.78, 5) is 19.2. The zero-order chi connectivity index (χ0) is 16.2. The lowest BCUT2D eigenvalue weighted by Crippen LogP contribution is -2.41. The minimum absolute atomic E-state index is 0.0598. The third-order valence-corrected chi connectivity index (χ3v) is 4.86. The fourth-order valence-electron chi connectivity index (χ4n) is 2.56. The SMILES string of the molecule is Cc1csc(C(=O)N2CCC(Oc3ccc(C#N)cn3)CC2)c1. The van der Waals surface area contributed by atoms with Gasteiger partial charge in [-0.2, -0.15) is 5.26 Å². The number of pyridine rings is 1. The average molecular weight is 327 g/mol. The van der Waals surface area contributed by atoms with Gasteiger partial charge in [0, 0.05) is 38.2 Å². The van der Waals surface area contributed by atoms with Crippen molar-refractivity contribution in [3.05, 3.63) is 45.8 Å². The standard InChI is InChI=1S/C17H17N3O2S/c1-12-8-15(23-11-12)17(21)20-6-4-14(5-7-20)22-16-3-2-13(9-18)10-19-16/h2-3,8,10-11,14H,4-7H2,1H3. The van der Waals surface area contributed by atoms with Gasteiger partial charge in [0.15, 0.2) is 0 Å². The summed E-state index contributed by atoms with van der Waals surface area (Å²) in [6, 6.07) is 7.38. The minimum Gasteiger partial charge on any atom is -0.474 e. The van der Waals surface area contributed by atoms with Gasteiger partial charge >= 0.3 is 0 Å². The largest absolute Gasteiger partial charge is 0.474 e. The molecule has 1 fully saturated rings. The van der Waals surface area contributed by atoms with E-state index in [0.29, 0.717) is 24.5 Å². The summed E-state index contributed by atoms with van der Waals surface area (Å²) in [5.74, 6) is 0.640. The molecule has 6 heteroatoms. The Labute approximate surface area is 139 Å². The maximum Gasteiger partial charge on any atom is 0.263 e. The molecule has 1 saturated heterocycles. The Morgan fingerprint density at radius 1 is 1.43 bits per heavy atom. The molecule has 0 aliphatic carbocycles. The molecule has 1 aliphatic rings. The summed E-state index contributed by atoms with van der Waals surface area (Å²) < 4.78 is 5.84. The number of aromatic nitrogens is 1. The lowest BCUT2D eigenvalue weighted by Gasteiger charge is -2.31. The van der Waals surface area contributed by atoms with E-state index in [1.165, 1.54) is 17.5 Å². The van der Waals surface area contributed by atoms with Crippen molar-refractivity contribution >= 4 is 17.2 Å². The second kappa shape index (κ2) is 6.80. The molecule has 1 aliphatic heterocycles. The summed E-state index contributed by atoms with van der Waals surface area (Å²) >= 11 is 1.50. The molecular weight excluding hydrogens is 310 g/mol. The molecule has 2 aromatic heterocycles. The Morgan fingerprint density at radius 2 is 2.22 bits per heavy atom. The maximum atomic E-state index is 12.4. The topological polar surface area (TPSA) is 66.2 Å². The number of likely N-dealkylation sites (tertiary alicyclic amines) is 1. The number of amides is 1. The first-order valence-electron chi connectivity index (χ1n) is 7.53. The number of ether oxygens (including phenoxy) is 1. The first-order valence-corrected chi connectivity index (χ1v) is 8.41. The van der Waals surface area contributed by atoms with E-state index >= 15 is 0 Å².